The van der Waals surface area contributed by atoms with E-state index in [0.717, 1.165) is 4.68 Å². The monoisotopic (exact) mass is 417 g/mol. The van der Waals surface area contributed by atoms with Crippen LogP contribution in [0.25, 0.3) is 10.9 Å². The summed E-state index contributed by atoms with van der Waals surface area (Å²) in [5, 5.41) is 4.43. The lowest BCUT2D eigenvalue weighted by Crippen LogP contribution is -2.32. The van der Waals surface area contributed by atoms with E-state index in [1.165, 1.54) is 6.21 Å². The van der Waals surface area contributed by atoms with Crippen LogP contribution in [0.15, 0.2) is 55.6 Å². The van der Waals surface area contributed by atoms with Crippen molar-refractivity contribution in [2.75, 3.05) is 13.7 Å². The fourth-order valence-corrected chi connectivity index (χ4v) is 2.88. The van der Waals surface area contributed by atoms with Gasteiger partial charge in [-0.1, -0.05) is 12.1 Å². The fourth-order valence-electron chi connectivity index (χ4n) is 2.46. The zero-order valence-corrected chi connectivity index (χ0v) is 15.7. The second-order valence-electron chi connectivity index (χ2n) is 5.29. The number of hydrogen-bond donors (Lipinski definition) is 1. The summed E-state index contributed by atoms with van der Waals surface area (Å²) in [4.78, 5) is 27.3. The van der Waals surface area contributed by atoms with Gasteiger partial charge in [-0.3, -0.25) is 4.79 Å². The molecular formula is C18H16BrN3O4. The molecule has 3 rings (SSSR count). The zero-order chi connectivity index (χ0) is 18.7. The Balaban J connectivity index is 2.08. The van der Waals surface area contributed by atoms with Crippen LogP contribution in [-0.2, 0) is 0 Å². The molecule has 7 nitrogen and oxygen atoms in total. The van der Waals surface area contributed by atoms with Gasteiger partial charge in [-0.05, 0) is 47.1 Å². The molecular weight excluding hydrogens is 402 g/mol. The second-order valence-corrected chi connectivity index (χ2v) is 6.15. The average Bonchev–Trinajstić information content (AvgIpc) is 2.63. The van der Waals surface area contributed by atoms with Crippen LogP contribution in [0.2, 0.25) is 0 Å². The summed E-state index contributed by atoms with van der Waals surface area (Å²) >= 11 is 3.42. The molecule has 0 fully saturated rings. The highest BCUT2D eigenvalue weighted by atomic mass is 79.9. The predicted octanol–water partition coefficient (Wildman–Crippen LogP) is 2.74. The van der Waals surface area contributed by atoms with E-state index in [2.05, 4.69) is 26.0 Å². The number of benzene rings is 2. The van der Waals surface area contributed by atoms with E-state index in [-0.39, 0.29) is 0 Å². The number of ether oxygens (including phenoxy) is 2. The molecule has 0 bridgehead atoms. The van der Waals surface area contributed by atoms with Gasteiger partial charge in [-0.25, -0.2) is 4.79 Å². The Hall–Kier alpha value is -2.87. The summed E-state index contributed by atoms with van der Waals surface area (Å²) in [6.45, 7) is 2.34. The van der Waals surface area contributed by atoms with Gasteiger partial charge in [0.15, 0.2) is 11.5 Å². The molecule has 0 aliphatic heterocycles. The third kappa shape index (κ3) is 3.41. The van der Waals surface area contributed by atoms with Crippen molar-refractivity contribution in [3.8, 4) is 11.5 Å². The van der Waals surface area contributed by atoms with Crippen LogP contribution in [0.1, 0.15) is 12.5 Å². The molecule has 1 aromatic heterocycles. The number of rotatable bonds is 5. The standard InChI is InChI=1S/C18H16BrN3O4/c1-3-26-16-8-11(13(19)9-15(16)25-2)10-20-22-17(23)12-6-4-5-7-14(12)21-18(22)24/h4-10H,3H2,1-2H3,(H,21,24). The summed E-state index contributed by atoms with van der Waals surface area (Å²) in [6, 6.07) is 10.2. The Morgan fingerprint density at radius 1 is 1.23 bits per heavy atom. The van der Waals surface area contributed by atoms with Gasteiger partial charge in [-0.15, -0.1) is 4.68 Å². The summed E-state index contributed by atoms with van der Waals surface area (Å²) in [6.07, 6.45) is 1.41. The first kappa shape index (κ1) is 17.9. The van der Waals surface area contributed by atoms with E-state index in [1.807, 2.05) is 6.92 Å². The maximum Gasteiger partial charge on any atom is 0.349 e. The van der Waals surface area contributed by atoms with Gasteiger partial charge in [0, 0.05) is 10.0 Å². The number of halogens is 1. The molecule has 0 aliphatic rings. The van der Waals surface area contributed by atoms with Crippen molar-refractivity contribution in [2.45, 2.75) is 6.92 Å². The van der Waals surface area contributed by atoms with Gasteiger partial charge >= 0.3 is 5.69 Å². The molecule has 0 atom stereocenters. The molecule has 0 radical (unpaired) electrons. The molecule has 0 saturated carbocycles. The Morgan fingerprint density at radius 2 is 2.00 bits per heavy atom. The quantitative estimate of drug-likeness (QED) is 0.646. The molecule has 0 saturated heterocycles. The van der Waals surface area contributed by atoms with Gasteiger partial charge in [0.05, 0.1) is 30.8 Å². The Labute approximate surface area is 157 Å². The van der Waals surface area contributed by atoms with Crippen LogP contribution in [0, 0.1) is 0 Å². The first-order valence-corrected chi connectivity index (χ1v) is 8.63. The molecule has 1 N–H and O–H groups in total. The van der Waals surface area contributed by atoms with Crippen LogP contribution < -0.4 is 20.7 Å². The van der Waals surface area contributed by atoms with Gasteiger partial charge < -0.3 is 14.5 Å². The second kappa shape index (κ2) is 7.57. The molecule has 134 valence electrons. The highest BCUT2D eigenvalue weighted by molar-refractivity contribution is 9.10. The van der Waals surface area contributed by atoms with E-state index in [1.54, 1.807) is 43.5 Å². The molecule has 0 spiro atoms. The third-order valence-electron chi connectivity index (χ3n) is 3.68. The highest BCUT2D eigenvalue weighted by Crippen LogP contribution is 2.32. The predicted molar refractivity (Wildman–Crippen MR) is 104 cm³/mol. The van der Waals surface area contributed by atoms with Crippen molar-refractivity contribution in [1.29, 1.82) is 0 Å². The Bertz CT molecular complexity index is 1100. The van der Waals surface area contributed by atoms with E-state index in [9.17, 15) is 9.59 Å². The number of nitrogens with one attached hydrogen (secondary N) is 1. The Morgan fingerprint density at radius 3 is 2.73 bits per heavy atom. The van der Waals surface area contributed by atoms with Crippen LogP contribution >= 0.6 is 15.9 Å². The lowest BCUT2D eigenvalue weighted by atomic mass is 10.2. The number of methoxy groups -OCH3 is 1. The van der Waals surface area contributed by atoms with Crippen molar-refractivity contribution in [3.05, 3.63) is 67.3 Å². The van der Waals surface area contributed by atoms with E-state index >= 15 is 0 Å². The van der Waals surface area contributed by atoms with Crippen molar-refractivity contribution in [2.24, 2.45) is 5.10 Å². The molecule has 2 aromatic carbocycles. The van der Waals surface area contributed by atoms with Crippen LogP contribution in [-0.4, -0.2) is 29.6 Å². The third-order valence-corrected chi connectivity index (χ3v) is 4.37. The number of aromatic nitrogens is 2. The molecule has 0 amide bonds. The number of aromatic amines is 1. The van der Waals surface area contributed by atoms with Crippen molar-refractivity contribution in [3.63, 3.8) is 0 Å². The van der Waals surface area contributed by atoms with Crippen molar-refractivity contribution in [1.82, 2.24) is 9.66 Å². The number of H-pyrrole nitrogens is 1. The highest BCUT2D eigenvalue weighted by Gasteiger charge is 2.10. The van der Waals surface area contributed by atoms with Gasteiger partial charge in [0.25, 0.3) is 5.56 Å². The minimum absolute atomic E-state index is 0.382. The van der Waals surface area contributed by atoms with Crippen LogP contribution in [0.4, 0.5) is 0 Å². The van der Waals surface area contributed by atoms with E-state index in [0.29, 0.717) is 39.0 Å². The molecule has 26 heavy (non-hydrogen) atoms. The number of nitrogens with zero attached hydrogens (tertiary/aromatic N) is 2. The maximum absolute atomic E-state index is 12.5. The van der Waals surface area contributed by atoms with Gasteiger partial charge in [0.2, 0.25) is 0 Å². The SMILES string of the molecule is CCOc1cc(C=Nn2c(=O)[nH]c3ccccc3c2=O)c(Br)cc1OC. The number of fused-ring (bicyclic) bond motifs is 1. The first-order valence-electron chi connectivity index (χ1n) is 7.84. The minimum Gasteiger partial charge on any atom is -0.493 e. The molecule has 1 heterocycles. The topological polar surface area (TPSA) is 85.7 Å². The lowest BCUT2D eigenvalue weighted by molar-refractivity contribution is 0.311. The van der Waals surface area contributed by atoms with Gasteiger partial charge in [-0.2, -0.15) is 5.10 Å². The molecule has 0 aliphatic carbocycles. The fraction of sp³-hybridized carbons (Fsp3) is 0.167. The summed E-state index contributed by atoms with van der Waals surface area (Å²) in [5.41, 5.74) is 0.00167. The van der Waals surface area contributed by atoms with E-state index in [4.69, 9.17) is 9.47 Å². The summed E-state index contributed by atoms with van der Waals surface area (Å²) in [7, 11) is 1.55. The van der Waals surface area contributed by atoms with E-state index < -0.39 is 11.2 Å². The zero-order valence-electron chi connectivity index (χ0n) is 14.2. The molecule has 8 heteroatoms. The van der Waals surface area contributed by atoms with Crippen LogP contribution in [0.5, 0.6) is 11.5 Å². The summed E-state index contributed by atoms with van der Waals surface area (Å²) < 4.78 is 12.3. The average molecular weight is 418 g/mol. The van der Waals surface area contributed by atoms with Crippen LogP contribution in [0.3, 0.4) is 0 Å². The molecule has 0 unspecified atom stereocenters. The number of hydrogen-bond acceptors (Lipinski definition) is 5. The minimum atomic E-state index is -0.611. The smallest absolute Gasteiger partial charge is 0.349 e. The largest absolute Gasteiger partial charge is 0.493 e. The molecule has 3 aromatic rings. The Kier molecular flexibility index (Phi) is 5.22. The number of para-hydroxylation sites is 1. The van der Waals surface area contributed by atoms with Crippen molar-refractivity contribution < 1.29 is 9.47 Å². The maximum atomic E-state index is 12.5. The normalized spacial score (nSPS) is 11.2. The van der Waals surface area contributed by atoms with Gasteiger partial charge in [0.1, 0.15) is 0 Å². The van der Waals surface area contributed by atoms with Crippen molar-refractivity contribution >= 4 is 33.0 Å². The lowest BCUT2D eigenvalue weighted by Gasteiger charge is -2.11. The summed E-state index contributed by atoms with van der Waals surface area (Å²) in [5.74, 6) is 1.11. The first-order chi connectivity index (χ1) is 12.5.